The van der Waals surface area contributed by atoms with Crippen molar-refractivity contribution in [1.82, 2.24) is 0 Å². The van der Waals surface area contributed by atoms with Crippen molar-refractivity contribution in [1.29, 1.82) is 0 Å². The number of phosphoric acid groups is 1. The molecule has 0 aliphatic heterocycles. The Morgan fingerprint density at radius 1 is 0.333 bits per heavy atom. The topological polar surface area (TPSA) is 87.0 Å². The maximum atomic E-state index is 10.6. The molecule has 6 heteroatoms. The molecule has 0 aromatic rings. The molecule has 0 bridgehead atoms. The zero-order valence-electron chi connectivity index (χ0n) is 25.9. The lowest BCUT2D eigenvalue weighted by atomic mass is 10.0. The Labute approximate surface area is 243 Å². The van der Waals surface area contributed by atoms with Crippen molar-refractivity contribution >= 4 is 7.82 Å². The van der Waals surface area contributed by atoms with Crippen LogP contribution >= 0.6 is 7.82 Å². The summed E-state index contributed by atoms with van der Waals surface area (Å²) < 4.78 is 15.0. The van der Waals surface area contributed by atoms with Gasteiger partial charge in [-0.1, -0.05) is 186 Å². The molecule has 0 spiro atoms. The zero-order valence-corrected chi connectivity index (χ0v) is 26.8. The number of aliphatic hydroxyl groups excluding tert-OH is 1. The Bertz CT molecular complexity index is 496. The van der Waals surface area contributed by atoms with Crippen LogP contribution in [0.3, 0.4) is 0 Å². The number of rotatable bonds is 34. The van der Waals surface area contributed by atoms with E-state index >= 15 is 0 Å². The van der Waals surface area contributed by atoms with Gasteiger partial charge in [-0.05, 0) is 12.8 Å². The molecule has 0 saturated heterocycles. The quantitative estimate of drug-likeness (QED) is 0.0524. The first-order valence-corrected chi connectivity index (χ1v) is 18.9. The van der Waals surface area contributed by atoms with E-state index in [0.29, 0.717) is 6.61 Å². The minimum Gasteiger partial charge on any atom is -0.396 e. The number of aliphatic hydroxyl groups is 1. The first kappa shape index (κ1) is 39.1. The number of unbranched alkanes of at least 4 members (excludes halogenated alkanes) is 30. The Kier molecular flexibility index (Phi) is 32.6. The van der Waals surface area contributed by atoms with Gasteiger partial charge >= 0.3 is 7.82 Å². The predicted molar refractivity (Wildman–Crippen MR) is 168 cm³/mol. The molecule has 0 unspecified atom stereocenters. The Hall–Kier alpha value is 0.0700. The standard InChI is InChI=1S/C33H69O5P/c34-32-30-28-26-24-22-20-18-16-14-12-10-8-6-4-2-1-3-5-7-9-11-13-15-17-19-21-23-25-27-29-31-33-38-39(35,36)37/h34H,1-33H2,(H2,35,36,37). The summed E-state index contributed by atoms with van der Waals surface area (Å²) in [5.41, 5.74) is 0. The van der Waals surface area contributed by atoms with Crippen molar-refractivity contribution in [2.75, 3.05) is 13.2 Å². The van der Waals surface area contributed by atoms with Crippen LogP contribution in [-0.4, -0.2) is 28.1 Å². The number of hydrogen-bond acceptors (Lipinski definition) is 3. The third kappa shape index (κ3) is 38.1. The zero-order chi connectivity index (χ0) is 28.5. The molecule has 0 aliphatic carbocycles. The van der Waals surface area contributed by atoms with E-state index in [0.717, 1.165) is 25.7 Å². The van der Waals surface area contributed by atoms with Crippen molar-refractivity contribution < 1.29 is 24.0 Å². The van der Waals surface area contributed by atoms with Gasteiger partial charge in [0.05, 0.1) is 6.61 Å². The first-order chi connectivity index (χ1) is 19.1. The van der Waals surface area contributed by atoms with Gasteiger partial charge in [-0.3, -0.25) is 4.52 Å². The second-order valence-electron chi connectivity index (χ2n) is 12.0. The molecule has 236 valence electrons. The van der Waals surface area contributed by atoms with Crippen LogP contribution < -0.4 is 0 Å². The monoisotopic (exact) mass is 576 g/mol. The van der Waals surface area contributed by atoms with Gasteiger partial charge in [-0.2, -0.15) is 0 Å². The van der Waals surface area contributed by atoms with E-state index < -0.39 is 7.82 Å². The molecule has 39 heavy (non-hydrogen) atoms. The highest BCUT2D eigenvalue weighted by molar-refractivity contribution is 7.46. The Morgan fingerprint density at radius 2 is 0.513 bits per heavy atom. The molecule has 0 aliphatic rings. The van der Waals surface area contributed by atoms with E-state index in [4.69, 9.17) is 14.9 Å². The van der Waals surface area contributed by atoms with E-state index in [9.17, 15) is 4.57 Å². The lowest BCUT2D eigenvalue weighted by molar-refractivity contribution is 0.193. The summed E-state index contributed by atoms with van der Waals surface area (Å²) in [4.78, 5) is 17.2. The van der Waals surface area contributed by atoms with Gasteiger partial charge in [0.15, 0.2) is 0 Å². The van der Waals surface area contributed by atoms with E-state index in [-0.39, 0.29) is 6.61 Å². The van der Waals surface area contributed by atoms with Gasteiger partial charge in [0, 0.05) is 6.61 Å². The highest BCUT2D eigenvalue weighted by Gasteiger charge is 2.12. The third-order valence-corrected chi connectivity index (χ3v) is 8.58. The van der Waals surface area contributed by atoms with Crippen LogP contribution in [0.4, 0.5) is 0 Å². The maximum absolute atomic E-state index is 10.6. The Balaban J connectivity index is 3.04. The number of phosphoric ester groups is 1. The molecule has 0 amide bonds. The fraction of sp³-hybridized carbons (Fsp3) is 1.00. The molecule has 3 N–H and O–H groups in total. The van der Waals surface area contributed by atoms with Crippen molar-refractivity contribution in [3.63, 3.8) is 0 Å². The summed E-state index contributed by atoms with van der Waals surface area (Å²) >= 11 is 0. The summed E-state index contributed by atoms with van der Waals surface area (Å²) in [6, 6.07) is 0. The summed E-state index contributed by atoms with van der Waals surface area (Å²) in [6.45, 7) is 0.530. The van der Waals surface area contributed by atoms with E-state index in [1.807, 2.05) is 0 Å². The average Bonchev–Trinajstić information content (AvgIpc) is 2.90. The predicted octanol–water partition coefficient (Wildman–Crippen LogP) is 11.2. The van der Waals surface area contributed by atoms with Crippen molar-refractivity contribution in [3.05, 3.63) is 0 Å². The van der Waals surface area contributed by atoms with Gasteiger partial charge in [0.1, 0.15) is 0 Å². The second kappa shape index (κ2) is 32.6. The van der Waals surface area contributed by atoms with Crippen molar-refractivity contribution in [2.24, 2.45) is 0 Å². The normalized spacial score (nSPS) is 12.0. The van der Waals surface area contributed by atoms with E-state index in [1.165, 1.54) is 173 Å². The van der Waals surface area contributed by atoms with Crippen molar-refractivity contribution in [2.45, 2.75) is 199 Å². The summed E-state index contributed by atoms with van der Waals surface area (Å²) in [7, 11) is -4.27. The van der Waals surface area contributed by atoms with Gasteiger partial charge in [-0.15, -0.1) is 0 Å². The van der Waals surface area contributed by atoms with Crippen molar-refractivity contribution in [3.8, 4) is 0 Å². The van der Waals surface area contributed by atoms with Gasteiger partial charge in [0.2, 0.25) is 0 Å². The number of hydrogen-bond donors (Lipinski definition) is 3. The summed E-state index contributed by atoms with van der Waals surface area (Å²) in [5.74, 6) is 0. The fourth-order valence-electron chi connectivity index (χ4n) is 5.52. The molecule has 0 heterocycles. The van der Waals surface area contributed by atoms with Crippen LogP contribution in [0.25, 0.3) is 0 Å². The van der Waals surface area contributed by atoms with Crippen LogP contribution in [-0.2, 0) is 9.09 Å². The third-order valence-electron chi connectivity index (χ3n) is 8.06. The SMILES string of the molecule is O=P(O)(O)OCCCCCCCCCCCCCCCCCCCCCCCCCCCCCCCCCO. The minimum absolute atomic E-state index is 0.167. The van der Waals surface area contributed by atoms with E-state index in [1.54, 1.807) is 0 Å². The highest BCUT2D eigenvalue weighted by atomic mass is 31.2. The van der Waals surface area contributed by atoms with Gasteiger partial charge in [-0.25, -0.2) is 4.57 Å². The Morgan fingerprint density at radius 3 is 0.692 bits per heavy atom. The molecular formula is C33H69O5P. The lowest BCUT2D eigenvalue weighted by Crippen LogP contribution is -1.92. The van der Waals surface area contributed by atoms with Crippen LogP contribution in [0.5, 0.6) is 0 Å². The molecule has 5 nitrogen and oxygen atoms in total. The fourth-order valence-corrected chi connectivity index (χ4v) is 5.89. The maximum Gasteiger partial charge on any atom is 0.469 e. The lowest BCUT2D eigenvalue weighted by Gasteiger charge is -2.05. The van der Waals surface area contributed by atoms with Gasteiger partial charge in [0.25, 0.3) is 0 Å². The molecule has 0 rings (SSSR count). The summed E-state index contributed by atoms with van der Waals surface area (Å²) in [6.07, 6.45) is 41.5. The molecule has 0 radical (unpaired) electrons. The van der Waals surface area contributed by atoms with Crippen LogP contribution in [0, 0.1) is 0 Å². The molecule has 0 fully saturated rings. The van der Waals surface area contributed by atoms with Crippen LogP contribution in [0.15, 0.2) is 0 Å². The molecule has 0 aromatic carbocycles. The minimum atomic E-state index is -4.27. The highest BCUT2D eigenvalue weighted by Crippen LogP contribution is 2.35. The van der Waals surface area contributed by atoms with Gasteiger partial charge < -0.3 is 14.9 Å². The smallest absolute Gasteiger partial charge is 0.396 e. The first-order valence-electron chi connectivity index (χ1n) is 17.4. The van der Waals surface area contributed by atoms with Crippen LogP contribution in [0.2, 0.25) is 0 Å². The molecule has 0 atom stereocenters. The molecule has 0 aromatic heterocycles. The van der Waals surface area contributed by atoms with E-state index in [2.05, 4.69) is 4.52 Å². The second-order valence-corrected chi connectivity index (χ2v) is 13.2. The molecule has 0 saturated carbocycles. The average molecular weight is 577 g/mol. The summed E-state index contributed by atoms with van der Waals surface area (Å²) in [5, 5.41) is 8.78. The largest absolute Gasteiger partial charge is 0.469 e. The van der Waals surface area contributed by atoms with Crippen LogP contribution in [0.1, 0.15) is 199 Å². The molecular weight excluding hydrogens is 507 g/mol.